The first-order chi connectivity index (χ1) is 15.0. The summed E-state index contributed by atoms with van der Waals surface area (Å²) in [6.07, 6.45) is 1.51. The predicted molar refractivity (Wildman–Crippen MR) is 107 cm³/mol. The number of benzene rings is 3. The Kier molecular flexibility index (Phi) is 3.43. The molecule has 0 saturated heterocycles. The zero-order valence-corrected chi connectivity index (χ0v) is 16.1. The number of rotatable bonds is 2. The quantitative estimate of drug-likeness (QED) is 0.474. The van der Waals surface area contributed by atoms with Gasteiger partial charge >= 0.3 is 23.9 Å². The second-order valence-corrected chi connectivity index (χ2v) is 7.94. The maximum absolute atomic E-state index is 12.2. The summed E-state index contributed by atoms with van der Waals surface area (Å²) in [5.41, 5.74) is 4.19. The predicted octanol–water partition coefficient (Wildman–Crippen LogP) is 3.59. The molecule has 3 aromatic carbocycles. The molecule has 0 atom stereocenters. The van der Waals surface area contributed by atoms with Gasteiger partial charge in [-0.1, -0.05) is 36.4 Å². The van der Waals surface area contributed by atoms with Crippen LogP contribution >= 0.6 is 0 Å². The number of cyclic esters (lactones) is 4. The summed E-state index contributed by atoms with van der Waals surface area (Å²) in [6.45, 7) is 0. The number of hydrogen-bond donors (Lipinski definition) is 0. The lowest BCUT2D eigenvalue weighted by atomic mass is 9.69. The average Bonchev–Trinajstić information content (AvgIpc) is 3.40. The van der Waals surface area contributed by atoms with Crippen molar-refractivity contribution in [3.05, 3.63) is 105 Å². The Labute approximate surface area is 176 Å². The highest BCUT2D eigenvalue weighted by atomic mass is 16.6. The lowest BCUT2D eigenvalue weighted by Gasteiger charge is -2.32. The van der Waals surface area contributed by atoms with Gasteiger partial charge in [0.2, 0.25) is 0 Å². The molecule has 6 rings (SSSR count). The minimum absolute atomic E-state index is 0.238. The number of hydrogen-bond acceptors (Lipinski definition) is 6. The van der Waals surface area contributed by atoms with Gasteiger partial charge in [0.15, 0.2) is 0 Å². The smallest absolute Gasteiger partial charge is 0.346 e. The van der Waals surface area contributed by atoms with E-state index in [1.54, 1.807) is 24.3 Å². The molecule has 6 nitrogen and oxygen atoms in total. The number of carbonyl (C=O) groups is 4. The summed E-state index contributed by atoms with van der Waals surface area (Å²) in [5.74, 6) is -2.62. The maximum Gasteiger partial charge on any atom is 0.346 e. The van der Waals surface area contributed by atoms with E-state index in [-0.39, 0.29) is 22.3 Å². The first-order valence-electron chi connectivity index (χ1n) is 9.89. The van der Waals surface area contributed by atoms with E-state index >= 15 is 0 Å². The van der Waals surface area contributed by atoms with Crippen LogP contribution in [0.1, 0.15) is 70.1 Å². The summed E-state index contributed by atoms with van der Waals surface area (Å²) in [7, 11) is 0. The van der Waals surface area contributed by atoms with Crippen molar-refractivity contribution >= 4 is 23.9 Å². The van der Waals surface area contributed by atoms with Crippen LogP contribution in [-0.2, 0) is 21.3 Å². The molecule has 0 radical (unpaired) electrons. The Hall–Kier alpha value is -4.06. The second-order valence-electron chi connectivity index (χ2n) is 7.94. The van der Waals surface area contributed by atoms with Crippen LogP contribution < -0.4 is 0 Å². The number of fused-ring (bicyclic) bond motifs is 3. The van der Waals surface area contributed by atoms with Gasteiger partial charge in [-0.15, -0.1) is 0 Å². The van der Waals surface area contributed by atoms with Crippen LogP contribution in [0.5, 0.6) is 0 Å². The lowest BCUT2D eigenvalue weighted by Crippen LogP contribution is -2.27. The highest BCUT2D eigenvalue weighted by Crippen LogP contribution is 2.50. The standard InChI is InChI=1S/C25H14O6/c26-21-16-7-5-14(11-18(16)23(28)30-21)25(10-9-13-3-1-2-4-20(13)25)15-6-8-17-19(12-15)24(29)31-22(17)27/h1-8,11-12H,9-10H2. The molecule has 0 fully saturated rings. The molecular weight excluding hydrogens is 396 g/mol. The Morgan fingerprint density at radius 1 is 0.613 bits per heavy atom. The normalized spacial score (nSPS) is 17.8. The van der Waals surface area contributed by atoms with Crippen molar-refractivity contribution in [1.82, 2.24) is 0 Å². The zero-order valence-electron chi connectivity index (χ0n) is 16.1. The van der Waals surface area contributed by atoms with Gasteiger partial charge in [0.25, 0.3) is 0 Å². The molecule has 0 aromatic heterocycles. The fourth-order valence-corrected chi connectivity index (χ4v) is 5.08. The first-order valence-corrected chi connectivity index (χ1v) is 9.89. The molecule has 0 bridgehead atoms. The van der Waals surface area contributed by atoms with E-state index in [0.29, 0.717) is 6.42 Å². The molecule has 31 heavy (non-hydrogen) atoms. The summed E-state index contributed by atoms with van der Waals surface area (Å²) in [5, 5.41) is 0. The van der Waals surface area contributed by atoms with E-state index in [1.807, 2.05) is 30.3 Å². The Bertz CT molecular complexity index is 1290. The summed E-state index contributed by atoms with van der Waals surface area (Å²) < 4.78 is 9.53. The third-order valence-corrected chi connectivity index (χ3v) is 6.52. The molecule has 6 heteroatoms. The van der Waals surface area contributed by atoms with Crippen molar-refractivity contribution in [2.45, 2.75) is 18.3 Å². The van der Waals surface area contributed by atoms with Crippen LogP contribution in [0.3, 0.4) is 0 Å². The van der Waals surface area contributed by atoms with E-state index in [4.69, 9.17) is 9.47 Å². The van der Waals surface area contributed by atoms with Crippen molar-refractivity contribution in [1.29, 1.82) is 0 Å². The van der Waals surface area contributed by atoms with Gasteiger partial charge in [-0.2, -0.15) is 0 Å². The largest absolute Gasteiger partial charge is 0.386 e. The fourth-order valence-electron chi connectivity index (χ4n) is 5.08. The van der Waals surface area contributed by atoms with Crippen molar-refractivity contribution in [2.24, 2.45) is 0 Å². The Morgan fingerprint density at radius 2 is 1.13 bits per heavy atom. The Morgan fingerprint density at radius 3 is 1.71 bits per heavy atom. The molecule has 3 aliphatic rings. The van der Waals surface area contributed by atoms with Crippen LogP contribution in [0.25, 0.3) is 0 Å². The average molecular weight is 410 g/mol. The molecule has 1 aliphatic carbocycles. The fraction of sp³-hybridized carbons (Fsp3) is 0.120. The van der Waals surface area contributed by atoms with Gasteiger partial charge in [-0.05, 0) is 59.4 Å². The molecule has 0 spiro atoms. The van der Waals surface area contributed by atoms with Crippen molar-refractivity contribution in [3.8, 4) is 0 Å². The highest BCUT2D eigenvalue weighted by Gasteiger charge is 2.44. The molecule has 2 aliphatic heterocycles. The SMILES string of the molecule is O=C1OC(=O)c2cc(C3(c4ccc5c(c4)C(=O)OC5=O)CCc4ccccc43)ccc21. The molecular formula is C25H14O6. The van der Waals surface area contributed by atoms with Gasteiger partial charge < -0.3 is 9.47 Å². The van der Waals surface area contributed by atoms with Crippen molar-refractivity contribution < 1.29 is 28.7 Å². The van der Waals surface area contributed by atoms with E-state index in [9.17, 15) is 19.2 Å². The van der Waals surface area contributed by atoms with E-state index < -0.39 is 29.3 Å². The maximum atomic E-state index is 12.2. The number of carbonyl (C=O) groups excluding carboxylic acids is 4. The van der Waals surface area contributed by atoms with Gasteiger partial charge in [0.05, 0.1) is 22.3 Å². The van der Waals surface area contributed by atoms with Gasteiger partial charge in [-0.3, -0.25) is 0 Å². The molecule has 2 heterocycles. The van der Waals surface area contributed by atoms with E-state index in [1.165, 1.54) is 5.56 Å². The second kappa shape index (κ2) is 5.98. The molecule has 3 aromatic rings. The molecule has 0 N–H and O–H groups in total. The zero-order chi connectivity index (χ0) is 21.3. The monoisotopic (exact) mass is 410 g/mol. The summed E-state index contributed by atoms with van der Waals surface area (Å²) in [6, 6.07) is 18.3. The molecule has 0 amide bonds. The highest BCUT2D eigenvalue weighted by molar-refractivity contribution is 6.15. The Balaban J connectivity index is 1.63. The topological polar surface area (TPSA) is 86.7 Å². The minimum Gasteiger partial charge on any atom is -0.386 e. The van der Waals surface area contributed by atoms with Gasteiger partial charge in [-0.25, -0.2) is 19.2 Å². The summed E-state index contributed by atoms with van der Waals surface area (Å²) in [4.78, 5) is 48.3. The first kappa shape index (κ1) is 17.8. The number of aryl methyl sites for hydroxylation is 1. The third kappa shape index (κ3) is 2.27. The van der Waals surface area contributed by atoms with Gasteiger partial charge in [0.1, 0.15) is 0 Å². The van der Waals surface area contributed by atoms with Gasteiger partial charge in [0, 0.05) is 5.41 Å². The van der Waals surface area contributed by atoms with Crippen molar-refractivity contribution in [2.75, 3.05) is 0 Å². The van der Waals surface area contributed by atoms with Crippen molar-refractivity contribution in [3.63, 3.8) is 0 Å². The number of ether oxygens (including phenoxy) is 2. The number of esters is 4. The van der Waals surface area contributed by atoms with Crippen LogP contribution in [0, 0.1) is 0 Å². The van der Waals surface area contributed by atoms with Crippen LogP contribution in [0.15, 0.2) is 60.7 Å². The van der Waals surface area contributed by atoms with E-state index in [0.717, 1.165) is 23.1 Å². The lowest BCUT2D eigenvalue weighted by molar-refractivity contribution is 0.0425. The van der Waals surface area contributed by atoms with E-state index in [2.05, 4.69) is 6.07 Å². The minimum atomic E-state index is -0.661. The molecule has 0 unspecified atom stereocenters. The van der Waals surface area contributed by atoms with Crippen LogP contribution in [0.4, 0.5) is 0 Å². The third-order valence-electron chi connectivity index (χ3n) is 6.52. The van der Waals surface area contributed by atoms with Crippen LogP contribution in [-0.4, -0.2) is 23.9 Å². The molecule has 0 saturated carbocycles. The van der Waals surface area contributed by atoms with Crippen LogP contribution in [0.2, 0.25) is 0 Å². The molecule has 150 valence electrons. The summed E-state index contributed by atoms with van der Waals surface area (Å²) >= 11 is 0.